The number of carbonyl (C=O) groups excluding carboxylic acids is 2. The Morgan fingerprint density at radius 1 is 0.943 bits per heavy atom. The largest absolute Gasteiger partial charge is 0.492 e. The van der Waals surface area contributed by atoms with Crippen molar-refractivity contribution in [2.24, 2.45) is 0 Å². The predicted molar refractivity (Wildman–Crippen MR) is 145 cm³/mol. The Morgan fingerprint density at radius 2 is 1.69 bits per heavy atom. The molecule has 1 N–H and O–H groups in total. The van der Waals surface area contributed by atoms with E-state index in [0.717, 1.165) is 35.0 Å². The molecule has 0 aliphatic carbocycles. The lowest BCUT2D eigenvalue weighted by Crippen LogP contribution is -2.31. The standard InChI is InChI=1S/C29H33BrN2O3/c1-3-4-5-11-20-35-27-17-16-23(21-25(27)30)29(34)32(2)26-15-10-9-14-24(26)28(33)31-19-18-22-12-7-6-8-13-22/h6-10,12-17,21H,3-5,11,18-20H2,1-2H3,(H,31,33). The van der Waals surface area contributed by atoms with Crippen LogP contribution in [0, 0.1) is 0 Å². The Bertz CT molecular complexity index is 1120. The average molecular weight is 537 g/mol. The Kier molecular flexibility index (Phi) is 10.4. The molecule has 3 rings (SSSR count). The van der Waals surface area contributed by atoms with Crippen LogP contribution in [-0.2, 0) is 6.42 Å². The minimum atomic E-state index is -0.204. The normalized spacial score (nSPS) is 10.6. The second kappa shape index (κ2) is 13.7. The first kappa shape index (κ1) is 26.5. The van der Waals surface area contributed by atoms with Crippen LogP contribution in [0.3, 0.4) is 0 Å². The quantitative estimate of drug-likeness (QED) is 0.263. The fourth-order valence-electron chi connectivity index (χ4n) is 3.78. The van der Waals surface area contributed by atoms with Gasteiger partial charge in [0.25, 0.3) is 11.8 Å². The van der Waals surface area contributed by atoms with E-state index in [4.69, 9.17) is 4.74 Å². The number of unbranched alkanes of at least 4 members (excludes halogenated alkanes) is 3. The van der Waals surface area contributed by atoms with Crippen molar-refractivity contribution >= 4 is 33.4 Å². The van der Waals surface area contributed by atoms with Crippen LogP contribution in [0.4, 0.5) is 5.69 Å². The molecule has 3 aromatic rings. The van der Waals surface area contributed by atoms with Gasteiger partial charge in [-0.2, -0.15) is 0 Å². The van der Waals surface area contributed by atoms with Gasteiger partial charge in [0.05, 0.1) is 22.3 Å². The Balaban J connectivity index is 1.64. The third kappa shape index (κ3) is 7.69. The second-order valence-corrected chi connectivity index (χ2v) is 9.28. The number of ether oxygens (including phenoxy) is 1. The van der Waals surface area contributed by atoms with Crippen molar-refractivity contribution in [3.05, 3.63) is 94.0 Å². The first-order chi connectivity index (χ1) is 17.0. The molecule has 184 valence electrons. The molecule has 6 heteroatoms. The third-order valence-corrected chi connectivity index (χ3v) is 6.41. The summed E-state index contributed by atoms with van der Waals surface area (Å²) in [7, 11) is 1.68. The zero-order valence-electron chi connectivity index (χ0n) is 20.4. The van der Waals surface area contributed by atoms with E-state index in [-0.39, 0.29) is 11.8 Å². The molecule has 3 aromatic carbocycles. The monoisotopic (exact) mass is 536 g/mol. The molecular formula is C29H33BrN2O3. The number of hydrogen-bond donors (Lipinski definition) is 1. The molecule has 2 amide bonds. The van der Waals surface area contributed by atoms with E-state index in [1.54, 1.807) is 37.4 Å². The zero-order valence-corrected chi connectivity index (χ0v) is 22.0. The van der Waals surface area contributed by atoms with Crippen molar-refractivity contribution in [1.29, 1.82) is 0 Å². The first-order valence-electron chi connectivity index (χ1n) is 12.1. The molecular weight excluding hydrogens is 504 g/mol. The molecule has 0 heterocycles. The molecule has 0 spiro atoms. The third-order valence-electron chi connectivity index (χ3n) is 5.79. The van der Waals surface area contributed by atoms with Gasteiger partial charge < -0.3 is 15.0 Å². The Labute approximate surface area is 216 Å². The lowest BCUT2D eigenvalue weighted by molar-refractivity contribution is 0.0954. The van der Waals surface area contributed by atoms with Gasteiger partial charge in [0.1, 0.15) is 5.75 Å². The Hall–Kier alpha value is -3.12. The van der Waals surface area contributed by atoms with Gasteiger partial charge in [0, 0.05) is 19.2 Å². The molecule has 0 unspecified atom stereocenters. The van der Waals surface area contributed by atoms with Crippen molar-refractivity contribution in [2.45, 2.75) is 39.0 Å². The summed E-state index contributed by atoms with van der Waals surface area (Å²) in [4.78, 5) is 27.7. The smallest absolute Gasteiger partial charge is 0.258 e. The summed E-state index contributed by atoms with van der Waals surface area (Å²) < 4.78 is 6.59. The molecule has 0 radical (unpaired) electrons. The number of halogens is 1. The van der Waals surface area contributed by atoms with Gasteiger partial charge in [0.2, 0.25) is 0 Å². The lowest BCUT2D eigenvalue weighted by atomic mass is 10.1. The van der Waals surface area contributed by atoms with Gasteiger partial charge in [-0.05, 0) is 64.7 Å². The van der Waals surface area contributed by atoms with Crippen LogP contribution in [0.1, 0.15) is 58.9 Å². The highest BCUT2D eigenvalue weighted by molar-refractivity contribution is 9.10. The number of hydrogen-bond acceptors (Lipinski definition) is 3. The lowest BCUT2D eigenvalue weighted by Gasteiger charge is -2.21. The first-order valence-corrected chi connectivity index (χ1v) is 12.9. The van der Waals surface area contributed by atoms with Crippen molar-refractivity contribution in [3.8, 4) is 5.75 Å². The molecule has 0 saturated heterocycles. The summed E-state index contributed by atoms with van der Waals surface area (Å²) in [5.41, 5.74) is 2.69. The maximum Gasteiger partial charge on any atom is 0.258 e. The van der Waals surface area contributed by atoms with Gasteiger partial charge in [-0.1, -0.05) is 68.7 Å². The highest BCUT2D eigenvalue weighted by Crippen LogP contribution is 2.28. The topological polar surface area (TPSA) is 58.6 Å². The second-order valence-electron chi connectivity index (χ2n) is 8.43. The number of para-hydroxylation sites is 1. The van der Waals surface area contributed by atoms with E-state index >= 15 is 0 Å². The van der Waals surface area contributed by atoms with E-state index in [1.165, 1.54) is 17.7 Å². The number of nitrogens with one attached hydrogen (secondary N) is 1. The van der Waals surface area contributed by atoms with Crippen LogP contribution in [-0.4, -0.2) is 32.0 Å². The maximum absolute atomic E-state index is 13.2. The van der Waals surface area contributed by atoms with E-state index in [2.05, 4.69) is 28.2 Å². The van der Waals surface area contributed by atoms with E-state index in [9.17, 15) is 9.59 Å². The minimum absolute atomic E-state index is 0.204. The van der Waals surface area contributed by atoms with Gasteiger partial charge in [-0.3, -0.25) is 9.59 Å². The molecule has 0 bridgehead atoms. The van der Waals surface area contributed by atoms with Crippen LogP contribution in [0.15, 0.2) is 77.3 Å². The number of benzene rings is 3. The van der Waals surface area contributed by atoms with Crippen LogP contribution in [0.2, 0.25) is 0 Å². The van der Waals surface area contributed by atoms with Gasteiger partial charge in [-0.15, -0.1) is 0 Å². The van der Waals surface area contributed by atoms with Crippen LogP contribution < -0.4 is 15.0 Å². The van der Waals surface area contributed by atoms with Crippen molar-refractivity contribution in [2.75, 3.05) is 25.1 Å². The fraction of sp³-hybridized carbons (Fsp3) is 0.310. The summed E-state index contributed by atoms with van der Waals surface area (Å²) in [5.74, 6) is 0.313. The molecule has 0 aliphatic heterocycles. The zero-order chi connectivity index (χ0) is 25.0. The van der Waals surface area contributed by atoms with Gasteiger partial charge in [-0.25, -0.2) is 0 Å². The highest BCUT2D eigenvalue weighted by atomic mass is 79.9. The number of carbonyl (C=O) groups is 2. The average Bonchev–Trinajstić information content (AvgIpc) is 2.89. The van der Waals surface area contributed by atoms with Crippen molar-refractivity contribution < 1.29 is 14.3 Å². The number of rotatable bonds is 12. The molecule has 0 aromatic heterocycles. The molecule has 0 saturated carbocycles. The number of anilines is 1. The number of nitrogens with zero attached hydrogens (tertiary/aromatic N) is 1. The van der Waals surface area contributed by atoms with E-state index in [1.807, 2.05) is 42.5 Å². The Morgan fingerprint density at radius 3 is 2.43 bits per heavy atom. The van der Waals surface area contributed by atoms with E-state index in [0.29, 0.717) is 30.0 Å². The minimum Gasteiger partial charge on any atom is -0.492 e. The van der Waals surface area contributed by atoms with Crippen LogP contribution in [0.25, 0.3) is 0 Å². The fourth-order valence-corrected chi connectivity index (χ4v) is 4.28. The summed E-state index contributed by atoms with van der Waals surface area (Å²) >= 11 is 3.53. The SMILES string of the molecule is CCCCCCOc1ccc(C(=O)N(C)c2ccccc2C(=O)NCCc2ccccc2)cc1Br. The highest BCUT2D eigenvalue weighted by Gasteiger charge is 2.20. The van der Waals surface area contributed by atoms with Crippen LogP contribution in [0.5, 0.6) is 5.75 Å². The van der Waals surface area contributed by atoms with Crippen molar-refractivity contribution in [3.63, 3.8) is 0 Å². The molecule has 0 atom stereocenters. The summed E-state index contributed by atoms with van der Waals surface area (Å²) in [6.07, 6.45) is 5.29. The molecule has 0 aliphatic rings. The summed E-state index contributed by atoms with van der Waals surface area (Å²) in [5, 5.41) is 2.97. The van der Waals surface area contributed by atoms with E-state index < -0.39 is 0 Å². The molecule has 5 nitrogen and oxygen atoms in total. The van der Waals surface area contributed by atoms with Crippen LogP contribution >= 0.6 is 15.9 Å². The van der Waals surface area contributed by atoms with Gasteiger partial charge in [0.15, 0.2) is 0 Å². The predicted octanol–water partition coefficient (Wildman–Crippen LogP) is 6.66. The van der Waals surface area contributed by atoms with Gasteiger partial charge >= 0.3 is 0 Å². The summed E-state index contributed by atoms with van der Waals surface area (Å²) in [6.45, 7) is 3.35. The molecule has 0 fully saturated rings. The summed E-state index contributed by atoms with van der Waals surface area (Å²) in [6, 6.07) is 22.5. The van der Waals surface area contributed by atoms with Crippen molar-refractivity contribution in [1.82, 2.24) is 5.32 Å². The maximum atomic E-state index is 13.2. The molecule has 35 heavy (non-hydrogen) atoms. The number of amides is 2.